The lowest BCUT2D eigenvalue weighted by molar-refractivity contribution is -0.116. The summed E-state index contributed by atoms with van der Waals surface area (Å²) in [5.74, 6) is 1.67. The number of methoxy groups -OCH3 is 1. The Morgan fingerprint density at radius 3 is 2.72 bits per heavy atom. The van der Waals surface area contributed by atoms with Crippen LogP contribution >= 0.6 is 0 Å². The van der Waals surface area contributed by atoms with Crippen molar-refractivity contribution in [1.29, 1.82) is 0 Å². The first-order valence-corrected chi connectivity index (χ1v) is 8.41. The van der Waals surface area contributed by atoms with Crippen LogP contribution < -0.4 is 10.1 Å². The van der Waals surface area contributed by atoms with E-state index in [1.54, 1.807) is 7.11 Å². The third kappa shape index (κ3) is 3.50. The Hall–Kier alpha value is -2.82. The lowest BCUT2D eigenvalue weighted by atomic mass is 10.1. The molecule has 0 saturated carbocycles. The number of carbonyl (C=O) groups is 1. The Labute approximate surface area is 147 Å². The molecule has 0 aliphatic heterocycles. The highest BCUT2D eigenvalue weighted by atomic mass is 16.5. The van der Waals surface area contributed by atoms with E-state index in [-0.39, 0.29) is 11.8 Å². The van der Waals surface area contributed by atoms with E-state index in [9.17, 15) is 4.79 Å². The molecule has 130 valence electrons. The van der Waals surface area contributed by atoms with Gasteiger partial charge >= 0.3 is 0 Å². The summed E-state index contributed by atoms with van der Waals surface area (Å²) in [5.41, 5.74) is 3.44. The molecule has 1 amide bonds. The zero-order chi connectivity index (χ0) is 18.0. The Bertz CT molecular complexity index is 912. The summed E-state index contributed by atoms with van der Waals surface area (Å²) in [6.45, 7) is 6.07. The molecule has 5 nitrogen and oxygen atoms in total. The Kier molecular flexibility index (Phi) is 4.74. The molecule has 3 aromatic rings. The molecule has 2 heterocycles. The minimum Gasteiger partial charge on any atom is -0.496 e. The smallest absolute Gasteiger partial charge is 0.225 e. The minimum absolute atomic E-state index is 0.0190. The minimum atomic E-state index is -0.0190. The normalized spacial score (nSPS) is 11.1. The number of hydrogen-bond donors (Lipinski definition) is 1. The quantitative estimate of drug-likeness (QED) is 0.755. The number of hydrogen-bond acceptors (Lipinski definition) is 3. The van der Waals surface area contributed by atoms with Gasteiger partial charge in [-0.3, -0.25) is 9.20 Å². The number of anilines is 1. The SMILES string of the molecule is COc1ccccc1-c1nc2ccc(C)cn2c1NC(=O)CC(C)C. The second-order valence-electron chi connectivity index (χ2n) is 6.59. The van der Waals surface area contributed by atoms with Crippen LogP contribution in [0.3, 0.4) is 0 Å². The largest absolute Gasteiger partial charge is 0.496 e. The third-order valence-electron chi connectivity index (χ3n) is 3.98. The van der Waals surface area contributed by atoms with Crippen molar-refractivity contribution in [3.05, 3.63) is 48.2 Å². The highest BCUT2D eigenvalue weighted by Crippen LogP contribution is 2.35. The maximum atomic E-state index is 12.4. The number of aryl methyl sites for hydroxylation is 1. The number of fused-ring (bicyclic) bond motifs is 1. The number of rotatable bonds is 5. The molecule has 0 radical (unpaired) electrons. The van der Waals surface area contributed by atoms with Crippen LogP contribution in [0.2, 0.25) is 0 Å². The highest BCUT2D eigenvalue weighted by Gasteiger charge is 2.19. The summed E-state index contributed by atoms with van der Waals surface area (Å²) in [7, 11) is 1.63. The number of imidazole rings is 1. The number of amides is 1. The summed E-state index contributed by atoms with van der Waals surface area (Å²) < 4.78 is 7.41. The summed E-state index contributed by atoms with van der Waals surface area (Å²) in [6, 6.07) is 11.7. The van der Waals surface area contributed by atoms with Gasteiger partial charge in [0.2, 0.25) is 5.91 Å². The zero-order valence-electron chi connectivity index (χ0n) is 15.0. The fraction of sp³-hybridized carbons (Fsp3) is 0.300. The second-order valence-corrected chi connectivity index (χ2v) is 6.59. The molecule has 1 N–H and O–H groups in total. The van der Waals surface area contributed by atoms with Gasteiger partial charge in [0.15, 0.2) is 0 Å². The molecule has 3 rings (SSSR count). The molecular weight excluding hydrogens is 314 g/mol. The van der Waals surface area contributed by atoms with E-state index < -0.39 is 0 Å². The van der Waals surface area contributed by atoms with Crippen LogP contribution in [0.15, 0.2) is 42.6 Å². The Morgan fingerprint density at radius 2 is 2.00 bits per heavy atom. The molecule has 0 aliphatic rings. The molecule has 0 aliphatic carbocycles. The van der Waals surface area contributed by atoms with Crippen molar-refractivity contribution in [3.8, 4) is 17.0 Å². The molecule has 5 heteroatoms. The maximum Gasteiger partial charge on any atom is 0.225 e. The van der Waals surface area contributed by atoms with Crippen LogP contribution in [-0.2, 0) is 4.79 Å². The lowest BCUT2D eigenvalue weighted by Gasteiger charge is -2.11. The van der Waals surface area contributed by atoms with Gasteiger partial charge in [-0.05, 0) is 36.6 Å². The van der Waals surface area contributed by atoms with Crippen LogP contribution in [0.4, 0.5) is 5.82 Å². The molecule has 0 fully saturated rings. The van der Waals surface area contributed by atoms with Crippen molar-refractivity contribution < 1.29 is 9.53 Å². The predicted octanol–water partition coefficient (Wildman–Crippen LogP) is 4.30. The first kappa shape index (κ1) is 17.0. The van der Waals surface area contributed by atoms with Gasteiger partial charge in [0.25, 0.3) is 0 Å². The van der Waals surface area contributed by atoms with Crippen molar-refractivity contribution >= 4 is 17.4 Å². The van der Waals surface area contributed by atoms with Gasteiger partial charge in [-0.15, -0.1) is 0 Å². The van der Waals surface area contributed by atoms with E-state index in [1.807, 2.05) is 67.8 Å². The molecule has 0 atom stereocenters. The van der Waals surface area contributed by atoms with Crippen LogP contribution in [0, 0.1) is 12.8 Å². The molecule has 0 saturated heterocycles. The summed E-state index contributed by atoms with van der Waals surface area (Å²) in [6.07, 6.45) is 2.44. The van der Waals surface area contributed by atoms with E-state index >= 15 is 0 Å². The van der Waals surface area contributed by atoms with E-state index in [2.05, 4.69) is 5.32 Å². The molecular formula is C20H23N3O2. The van der Waals surface area contributed by atoms with Crippen LogP contribution in [0.25, 0.3) is 16.9 Å². The third-order valence-corrected chi connectivity index (χ3v) is 3.98. The van der Waals surface area contributed by atoms with Gasteiger partial charge in [-0.1, -0.05) is 32.0 Å². The maximum absolute atomic E-state index is 12.4. The monoisotopic (exact) mass is 337 g/mol. The van der Waals surface area contributed by atoms with Gasteiger partial charge < -0.3 is 10.1 Å². The van der Waals surface area contributed by atoms with Crippen molar-refractivity contribution in [1.82, 2.24) is 9.38 Å². The zero-order valence-corrected chi connectivity index (χ0v) is 15.0. The van der Waals surface area contributed by atoms with E-state index in [0.717, 1.165) is 22.5 Å². The average molecular weight is 337 g/mol. The van der Waals surface area contributed by atoms with Gasteiger partial charge in [-0.2, -0.15) is 0 Å². The number of carbonyl (C=O) groups excluding carboxylic acids is 1. The molecule has 2 aromatic heterocycles. The first-order valence-electron chi connectivity index (χ1n) is 8.41. The standard InChI is InChI=1S/C20H23N3O2/c1-13(2)11-18(24)22-20-19(15-7-5-6-8-16(15)25-4)21-17-10-9-14(3)12-23(17)20/h5-10,12-13H,11H2,1-4H3,(H,22,24). The average Bonchev–Trinajstić information content (AvgIpc) is 2.91. The van der Waals surface area contributed by atoms with Gasteiger partial charge in [0, 0.05) is 18.2 Å². The van der Waals surface area contributed by atoms with Crippen molar-refractivity contribution in [2.45, 2.75) is 27.2 Å². The lowest BCUT2D eigenvalue weighted by Crippen LogP contribution is -2.15. The topological polar surface area (TPSA) is 55.6 Å². The fourth-order valence-electron chi connectivity index (χ4n) is 2.85. The van der Waals surface area contributed by atoms with Crippen LogP contribution in [-0.4, -0.2) is 22.4 Å². The highest BCUT2D eigenvalue weighted by molar-refractivity contribution is 5.95. The van der Waals surface area contributed by atoms with Gasteiger partial charge in [0.1, 0.15) is 22.9 Å². The molecule has 0 unspecified atom stereocenters. The number of nitrogens with one attached hydrogen (secondary N) is 1. The summed E-state index contributed by atoms with van der Waals surface area (Å²) in [4.78, 5) is 17.1. The van der Waals surface area contributed by atoms with Crippen molar-refractivity contribution in [2.24, 2.45) is 5.92 Å². The van der Waals surface area contributed by atoms with Gasteiger partial charge in [-0.25, -0.2) is 4.98 Å². The van der Waals surface area contributed by atoms with E-state index in [0.29, 0.717) is 17.9 Å². The first-order chi connectivity index (χ1) is 12.0. The number of para-hydroxylation sites is 1. The second kappa shape index (κ2) is 6.97. The number of aromatic nitrogens is 2. The number of benzene rings is 1. The van der Waals surface area contributed by atoms with Gasteiger partial charge in [0.05, 0.1) is 7.11 Å². The van der Waals surface area contributed by atoms with Crippen LogP contribution in [0.1, 0.15) is 25.8 Å². The number of nitrogens with zero attached hydrogens (tertiary/aromatic N) is 2. The van der Waals surface area contributed by atoms with E-state index in [1.165, 1.54) is 0 Å². The Balaban J connectivity index is 2.17. The molecule has 25 heavy (non-hydrogen) atoms. The Morgan fingerprint density at radius 1 is 1.24 bits per heavy atom. The molecule has 0 bridgehead atoms. The van der Waals surface area contributed by atoms with Crippen molar-refractivity contribution in [2.75, 3.05) is 12.4 Å². The number of pyridine rings is 1. The molecule has 1 aromatic carbocycles. The van der Waals surface area contributed by atoms with Crippen LogP contribution in [0.5, 0.6) is 5.75 Å². The van der Waals surface area contributed by atoms with Crippen molar-refractivity contribution in [3.63, 3.8) is 0 Å². The van der Waals surface area contributed by atoms with E-state index in [4.69, 9.17) is 9.72 Å². The fourth-order valence-corrected chi connectivity index (χ4v) is 2.85. The predicted molar refractivity (Wildman–Crippen MR) is 100 cm³/mol. The molecule has 0 spiro atoms. The summed E-state index contributed by atoms with van der Waals surface area (Å²) in [5, 5.41) is 3.05. The summed E-state index contributed by atoms with van der Waals surface area (Å²) >= 11 is 0. The number of ether oxygens (including phenoxy) is 1.